The predicted molar refractivity (Wildman–Crippen MR) is 108 cm³/mol. The Balaban J connectivity index is 0.000000479. The predicted octanol–water partition coefficient (Wildman–Crippen LogP) is 4.74. The molecule has 1 saturated heterocycles. The Morgan fingerprint density at radius 2 is 1.36 bits per heavy atom. The average molecular weight is 517 g/mol. The number of Topliss-reactive ketones (excluding diaryl/α,β-unsaturated/α-hetero) is 1. The zero-order chi connectivity index (χ0) is 25.0. The van der Waals surface area contributed by atoms with Crippen LogP contribution in [0.3, 0.4) is 0 Å². The van der Waals surface area contributed by atoms with E-state index in [4.69, 9.17) is 21.5 Å². The summed E-state index contributed by atoms with van der Waals surface area (Å²) in [5.74, 6) is -5.05. The van der Waals surface area contributed by atoms with Crippen LogP contribution in [-0.4, -0.2) is 66.2 Å². The van der Waals surface area contributed by atoms with Gasteiger partial charge < -0.3 is 14.9 Å². The van der Waals surface area contributed by atoms with Gasteiger partial charge in [-0.3, -0.25) is 9.59 Å². The third-order valence-electron chi connectivity index (χ3n) is 4.30. The van der Waals surface area contributed by atoms with E-state index in [1.165, 1.54) is 6.07 Å². The van der Waals surface area contributed by atoms with Gasteiger partial charge in [-0.2, -0.15) is 26.3 Å². The van der Waals surface area contributed by atoms with Crippen LogP contribution in [0.2, 0.25) is 5.02 Å². The van der Waals surface area contributed by atoms with Crippen LogP contribution in [0.25, 0.3) is 0 Å². The second-order valence-corrected chi connectivity index (χ2v) is 8.02. The fourth-order valence-electron chi connectivity index (χ4n) is 2.73. The van der Waals surface area contributed by atoms with Gasteiger partial charge in [0.15, 0.2) is 0 Å². The van der Waals surface area contributed by atoms with Crippen LogP contribution < -0.4 is 4.90 Å². The van der Waals surface area contributed by atoms with E-state index in [0.717, 1.165) is 11.8 Å². The number of carbonyl (C=O) groups is 3. The smallest absolute Gasteiger partial charge is 0.475 e. The van der Waals surface area contributed by atoms with Crippen molar-refractivity contribution in [2.45, 2.75) is 12.4 Å². The Kier molecular flexibility index (Phi) is 8.36. The fourth-order valence-corrected chi connectivity index (χ4v) is 3.92. The van der Waals surface area contributed by atoms with Crippen molar-refractivity contribution in [3.63, 3.8) is 0 Å². The van der Waals surface area contributed by atoms with E-state index >= 15 is 0 Å². The first-order chi connectivity index (χ1) is 15.2. The number of hydrogen-bond donors (Lipinski definition) is 1. The Labute approximate surface area is 192 Å². The number of carboxylic acids is 1. The van der Waals surface area contributed by atoms with Crippen LogP contribution in [0.1, 0.15) is 19.3 Å². The molecule has 1 aromatic carbocycles. The van der Waals surface area contributed by atoms with Gasteiger partial charge in [-0.25, -0.2) is 4.79 Å². The highest BCUT2D eigenvalue weighted by Gasteiger charge is 2.40. The molecule has 33 heavy (non-hydrogen) atoms. The SMILES string of the molecule is O=C(O)C(F)(F)F.O=C(c1ccc(C(=O)C(F)(F)F)s1)N1CCN(c2ccccc2Cl)CC1. The van der Waals surface area contributed by atoms with Gasteiger partial charge in [0.2, 0.25) is 0 Å². The number of piperazine rings is 1. The Bertz CT molecular complexity index is 1020. The van der Waals surface area contributed by atoms with Gasteiger partial charge in [-0.05, 0) is 24.3 Å². The van der Waals surface area contributed by atoms with Gasteiger partial charge in [-0.1, -0.05) is 23.7 Å². The molecule has 1 aromatic heterocycles. The average Bonchev–Trinajstić information content (AvgIpc) is 3.22. The number of halogens is 7. The number of benzene rings is 1. The molecule has 1 aliphatic rings. The van der Waals surface area contributed by atoms with E-state index in [0.29, 0.717) is 42.5 Å². The fraction of sp³-hybridized carbons (Fsp3) is 0.316. The van der Waals surface area contributed by atoms with Crippen molar-refractivity contribution >= 4 is 46.3 Å². The van der Waals surface area contributed by atoms with Crippen molar-refractivity contribution in [2.75, 3.05) is 31.1 Å². The summed E-state index contributed by atoms with van der Waals surface area (Å²) in [6.07, 6.45) is -10.0. The molecular formula is C19H15ClF6N2O4S. The molecule has 0 saturated carbocycles. The Hall–Kier alpha value is -2.80. The lowest BCUT2D eigenvalue weighted by molar-refractivity contribution is -0.192. The first-order valence-electron chi connectivity index (χ1n) is 9.02. The molecule has 0 bridgehead atoms. The molecule has 1 amide bonds. The van der Waals surface area contributed by atoms with Crippen molar-refractivity contribution < 1.29 is 45.8 Å². The first kappa shape index (κ1) is 26.5. The molecule has 180 valence electrons. The maximum Gasteiger partial charge on any atom is 0.490 e. The zero-order valence-corrected chi connectivity index (χ0v) is 18.0. The third-order valence-corrected chi connectivity index (χ3v) is 5.69. The third kappa shape index (κ3) is 7.09. The minimum atomic E-state index is -5.08. The van der Waals surface area contributed by atoms with Crippen molar-refractivity contribution in [1.82, 2.24) is 4.90 Å². The number of carbonyl (C=O) groups excluding carboxylic acids is 2. The molecule has 0 radical (unpaired) electrons. The summed E-state index contributed by atoms with van der Waals surface area (Å²) < 4.78 is 69.2. The molecule has 1 N–H and O–H groups in total. The lowest BCUT2D eigenvalue weighted by atomic mass is 10.2. The maximum atomic E-state index is 12.5. The number of alkyl halides is 6. The van der Waals surface area contributed by atoms with E-state index < -0.39 is 29.0 Å². The number of para-hydroxylation sites is 1. The molecule has 1 fully saturated rings. The number of anilines is 1. The van der Waals surface area contributed by atoms with Crippen LogP contribution in [0.5, 0.6) is 0 Å². The molecule has 0 aliphatic carbocycles. The highest BCUT2D eigenvalue weighted by molar-refractivity contribution is 7.16. The van der Waals surface area contributed by atoms with Crippen molar-refractivity contribution in [3.05, 3.63) is 51.2 Å². The molecular weight excluding hydrogens is 502 g/mol. The van der Waals surface area contributed by atoms with Gasteiger partial charge in [0, 0.05) is 26.2 Å². The minimum absolute atomic E-state index is 0.129. The lowest BCUT2D eigenvalue weighted by Crippen LogP contribution is -2.48. The second-order valence-electron chi connectivity index (χ2n) is 6.52. The first-order valence-corrected chi connectivity index (χ1v) is 10.2. The minimum Gasteiger partial charge on any atom is -0.475 e. The topological polar surface area (TPSA) is 77.9 Å². The monoisotopic (exact) mass is 516 g/mol. The van der Waals surface area contributed by atoms with E-state index in [9.17, 15) is 35.9 Å². The summed E-state index contributed by atoms with van der Waals surface area (Å²) in [6, 6.07) is 9.72. The van der Waals surface area contributed by atoms with E-state index in [1.54, 1.807) is 11.0 Å². The van der Waals surface area contributed by atoms with Gasteiger partial charge in [-0.15, -0.1) is 11.3 Å². The normalized spacial score (nSPS) is 14.4. The standard InChI is InChI=1S/C17H14ClF3N2O2S.C2HF3O2/c18-11-3-1-2-4-12(11)22-7-9-23(10-8-22)16(25)14-6-5-13(26-14)15(24)17(19,20)21;3-2(4,5)1(6)7/h1-6H,7-10H2;(H,6,7). The summed E-state index contributed by atoms with van der Waals surface area (Å²) in [5, 5.41) is 7.75. The van der Waals surface area contributed by atoms with E-state index in [2.05, 4.69) is 4.90 Å². The van der Waals surface area contributed by atoms with E-state index in [1.807, 2.05) is 18.2 Å². The Morgan fingerprint density at radius 1 is 0.848 bits per heavy atom. The molecule has 14 heteroatoms. The van der Waals surface area contributed by atoms with E-state index in [-0.39, 0.29) is 10.8 Å². The van der Waals surface area contributed by atoms with Crippen molar-refractivity contribution in [2.24, 2.45) is 0 Å². The second kappa shape index (κ2) is 10.4. The maximum absolute atomic E-state index is 12.5. The number of amides is 1. The lowest BCUT2D eigenvalue weighted by Gasteiger charge is -2.36. The molecule has 0 atom stereocenters. The number of ketones is 1. The molecule has 1 aliphatic heterocycles. The quantitative estimate of drug-likeness (QED) is 0.471. The van der Waals surface area contributed by atoms with Gasteiger partial charge in [0.25, 0.3) is 11.7 Å². The zero-order valence-electron chi connectivity index (χ0n) is 16.4. The largest absolute Gasteiger partial charge is 0.490 e. The Morgan fingerprint density at radius 3 is 1.85 bits per heavy atom. The molecule has 6 nitrogen and oxygen atoms in total. The highest BCUT2D eigenvalue weighted by atomic mass is 35.5. The van der Waals surface area contributed by atoms with Crippen molar-refractivity contribution in [1.29, 1.82) is 0 Å². The number of carboxylic acid groups (broad SMARTS) is 1. The highest BCUT2D eigenvalue weighted by Crippen LogP contribution is 2.29. The number of rotatable bonds is 3. The number of thiophene rings is 1. The summed E-state index contributed by atoms with van der Waals surface area (Å²) in [5.41, 5.74) is 0.885. The molecule has 3 rings (SSSR count). The number of hydrogen-bond acceptors (Lipinski definition) is 5. The van der Waals surface area contributed by atoms with Crippen LogP contribution in [0.4, 0.5) is 32.0 Å². The molecule has 0 spiro atoms. The molecule has 0 unspecified atom stereocenters. The molecule has 2 heterocycles. The summed E-state index contributed by atoms with van der Waals surface area (Å²) in [4.78, 5) is 35.9. The van der Waals surface area contributed by atoms with Crippen LogP contribution >= 0.6 is 22.9 Å². The van der Waals surface area contributed by atoms with Gasteiger partial charge in [0.05, 0.1) is 20.5 Å². The van der Waals surface area contributed by atoms with Gasteiger partial charge in [0.1, 0.15) is 0 Å². The number of nitrogens with zero attached hydrogens (tertiary/aromatic N) is 2. The van der Waals surface area contributed by atoms with Crippen LogP contribution in [0.15, 0.2) is 36.4 Å². The summed E-state index contributed by atoms with van der Waals surface area (Å²) >= 11 is 6.75. The van der Waals surface area contributed by atoms with Crippen LogP contribution in [-0.2, 0) is 4.79 Å². The van der Waals surface area contributed by atoms with Gasteiger partial charge >= 0.3 is 18.3 Å². The summed E-state index contributed by atoms with van der Waals surface area (Å²) in [7, 11) is 0. The summed E-state index contributed by atoms with van der Waals surface area (Å²) in [6.45, 7) is 1.97. The number of aliphatic carboxylic acids is 1. The van der Waals surface area contributed by atoms with Crippen molar-refractivity contribution in [3.8, 4) is 0 Å². The molecule has 2 aromatic rings. The van der Waals surface area contributed by atoms with Crippen LogP contribution in [0, 0.1) is 0 Å².